The van der Waals surface area contributed by atoms with Gasteiger partial charge in [-0.05, 0) is 0 Å². The van der Waals surface area contributed by atoms with Crippen molar-refractivity contribution in [1.82, 2.24) is 0 Å². The number of rotatable bonds is 6. The van der Waals surface area contributed by atoms with Crippen LogP contribution in [0.5, 0.6) is 0 Å². The first-order chi connectivity index (χ1) is 15.1. The maximum Gasteiger partial charge on any atom is 0.0213 e. The van der Waals surface area contributed by atoms with Crippen molar-refractivity contribution in [2.45, 2.75) is 45.7 Å². The summed E-state index contributed by atoms with van der Waals surface area (Å²) in [6.07, 6.45) is 0. The van der Waals surface area contributed by atoms with Gasteiger partial charge in [-0.15, -0.1) is 0 Å². The summed E-state index contributed by atoms with van der Waals surface area (Å²) in [6, 6.07) is 18.1. The average Bonchev–Trinajstić information content (AvgIpc) is 2.79. The third kappa shape index (κ3) is 19.7. The van der Waals surface area contributed by atoms with Crippen molar-refractivity contribution in [3.05, 3.63) is 48.5 Å². The van der Waals surface area contributed by atoms with Crippen molar-refractivity contribution in [1.29, 1.82) is 0 Å². The van der Waals surface area contributed by atoms with E-state index in [4.69, 9.17) is 10.2 Å². The van der Waals surface area contributed by atoms with Crippen LogP contribution in [0.4, 0.5) is 0 Å². The summed E-state index contributed by atoms with van der Waals surface area (Å²) >= 11 is 6.00. The standard InChI is InChI=1S/2C10H16As2.2C2H6OS.Tc/c2*1-11(2)9-7-5-6-8-10(9)12(3)4;2*3-1-2-4;/h2*5-8H,1-4H3;2*3-4H,1-2H2;/p-2/i;;;;1+1. The first kappa shape index (κ1) is 39.5. The molecule has 0 amide bonds. The first-order valence-electron chi connectivity index (χ1n) is 10.3. The Hall–Kier alpha value is 1.94. The zero-order valence-corrected chi connectivity index (χ0v) is 32.3. The Morgan fingerprint density at radius 2 is 0.667 bits per heavy atom. The molecule has 0 atom stereocenters. The minimum atomic E-state index is -0.651. The summed E-state index contributed by atoms with van der Waals surface area (Å²) in [4.78, 5) is 0. The van der Waals surface area contributed by atoms with Gasteiger partial charge < -0.3 is 35.5 Å². The van der Waals surface area contributed by atoms with Gasteiger partial charge >= 0.3 is 170 Å². The molecule has 2 nitrogen and oxygen atoms in total. The normalized spacial score (nSPS) is 9.94. The maximum atomic E-state index is 7.77. The average molecular weight is 825 g/mol. The molecule has 33 heavy (non-hydrogen) atoms. The van der Waals surface area contributed by atoms with E-state index in [1.54, 1.807) is 17.4 Å². The smallest absolute Gasteiger partial charge is 0.0213 e. The van der Waals surface area contributed by atoms with Crippen LogP contribution in [0.2, 0.25) is 45.7 Å². The van der Waals surface area contributed by atoms with Crippen LogP contribution < -0.4 is 17.4 Å². The summed E-state index contributed by atoms with van der Waals surface area (Å²) < 4.78 is 6.81. The van der Waals surface area contributed by atoms with Crippen molar-refractivity contribution in [3.8, 4) is 0 Å². The minimum Gasteiger partial charge on any atom is -0.790 e. The molecule has 0 aromatic heterocycles. The number of hydrogen-bond donors (Lipinski definition) is 2. The van der Waals surface area contributed by atoms with Crippen LogP contribution in [0.15, 0.2) is 48.5 Å². The molecule has 0 saturated carbocycles. The Kier molecular flexibility index (Phi) is 30.6. The fraction of sp³-hybridized carbons (Fsp3) is 0.500. The Bertz CT molecular complexity index is 588. The van der Waals surface area contributed by atoms with Crippen LogP contribution >= 0.6 is 0 Å². The van der Waals surface area contributed by atoms with Gasteiger partial charge in [-0.1, -0.05) is 0 Å². The van der Waals surface area contributed by atoms with Gasteiger partial charge in [0.2, 0.25) is 0 Å². The Morgan fingerprint density at radius 3 is 0.758 bits per heavy atom. The second-order valence-corrected chi connectivity index (χ2v) is 27.3. The van der Waals surface area contributed by atoms with E-state index in [2.05, 4.69) is 119 Å². The predicted octanol–water partition coefficient (Wildman–Crippen LogP) is 2.27. The molecule has 0 heterocycles. The fourth-order valence-electron chi connectivity index (χ4n) is 2.44. The van der Waals surface area contributed by atoms with Gasteiger partial charge in [-0.25, -0.2) is 0 Å². The van der Waals surface area contributed by atoms with Gasteiger partial charge in [0.15, 0.2) is 0 Å². The zero-order chi connectivity index (χ0) is 25.1. The molecule has 0 spiro atoms. The van der Waals surface area contributed by atoms with Gasteiger partial charge in [-0.2, -0.15) is 11.5 Å². The van der Waals surface area contributed by atoms with Gasteiger partial charge in [0.1, 0.15) is 0 Å². The molecule has 0 aliphatic rings. The number of aliphatic hydroxyl groups excluding tert-OH is 2. The van der Waals surface area contributed by atoms with Gasteiger partial charge in [-0.3, -0.25) is 0 Å². The quantitative estimate of drug-likeness (QED) is 0.347. The zero-order valence-electron chi connectivity index (χ0n) is 21.3. The van der Waals surface area contributed by atoms with Gasteiger partial charge in [0.05, 0.1) is 0 Å². The van der Waals surface area contributed by atoms with E-state index in [0.717, 1.165) is 0 Å². The van der Waals surface area contributed by atoms with E-state index >= 15 is 0 Å². The molecule has 0 bridgehead atoms. The topological polar surface area (TPSA) is 40.5 Å². The maximum absolute atomic E-state index is 7.77. The van der Waals surface area contributed by atoms with Crippen molar-refractivity contribution in [2.75, 3.05) is 24.7 Å². The molecule has 2 N–H and O–H groups in total. The molecule has 0 unspecified atom stereocenters. The van der Waals surface area contributed by atoms with Crippen LogP contribution in [0.1, 0.15) is 0 Å². The molecule has 9 heteroatoms. The third-order valence-electron chi connectivity index (χ3n) is 3.87. The molecule has 191 valence electrons. The van der Waals surface area contributed by atoms with Crippen LogP contribution in [-0.4, -0.2) is 93.5 Å². The fourth-order valence-corrected chi connectivity index (χ4v) is 18.9. The van der Waals surface area contributed by atoms with Crippen LogP contribution in [0, 0.1) is 0 Å². The van der Waals surface area contributed by atoms with Crippen molar-refractivity contribution < 1.29 is 30.3 Å². The monoisotopic (exact) mass is 825 g/mol. The van der Waals surface area contributed by atoms with E-state index in [-0.39, 0.29) is 33.3 Å². The van der Waals surface area contributed by atoms with E-state index in [1.165, 1.54) is 0 Å². The number of hydrogen-bond acceptors (Lipinski definition) is 4. The van der Waals surface area contributed by atoms with Crippen molar-refractivity contribution >= 4 is 101 Å². The Balaban J connectivity index is -0.000000405. The van der Waals surface area contributed by atoms with Crippen molar-refractivity contribution in [3.63, 3.8) is 0 Å². The van der Waals surface area contributed by atoms with Gasteiger partial charge in [0, 0.05) is 33.3 Å². The second-order valence-electron chi connectivity index (χ2n) is 7.41. The largest absolute Gasteiger partial charge is 0.790 e. The second kappa shape index (κ2) is 25.6. The third-order valence-corrected chi connectivity index (χ3v) is 17.3. The minimum absolute atomic E-state index is 0. The summed E-state index contributed by atoms with van der Waals surface area (Å²) in [5, 5.41) is 15.5. The molecule has 0 aliphatic carbocycles. The summed E-state index contributed by atoms with van der Waals surface area (Å²) in [7, 11) is 0. The van der Waals surface area contributed by atoms with E-state index in [1.807, 2.05) is 0 Å². The summed E-state index contributed by atoms with van der Waals surface area (Å²) in [5.74, 6) is 0.917. The molecule has 0 fully saturated rings. The SMILES string of the molecule is C[As](C)c1ccccc1[As](C)C.C[As](C)c1ccccc1[As](C)C.OCC[S-].OCC[S-].[99Tc]. The van der Waals surface area contributed by atoms with E-state index < -0.39 is 58.6 Å². The van der Waals surface area contributed by atoms with Gasteiger partial charge in [0.25, 0.3) is 0 Å². The summed E-state index contributed by atoms with van der Waals surface area (Å²) in [5.41, 5.74) is 19.4. The van der Waals surface area contributed by atoms with Crippen LogP contribution in [-0.2, 0) is 45.4 Å². The molecular formula is C24H42As4O2S2Tc-2. The molecule has 2 rings (SSSR count). The Morgan fingerprint density at radius 1 is 0.515 bits per heavy atom. The van der Waals surface area contributed by atoms with E-state index in [0.29, 0.717) is 11.5 Å². The van der Waals surface area contributed by atoms with Crippen molar-refractivity contribution in [2.24, 2.45) is 0 Å². The van der Waals surface area contributed by atoms with Crippen LogP contribution in [0.25, 0.3) is 0 Å². The molecule has 2 aromatic carbocycles. The first-order valence-corrected chi connectivity index (χ1v) is 30.3. The number of aliphatic hydroxyl groups is 2. The van der Waals surface area contributed by atoms with Crippen LogP contribution in [0.3, 0.4) is 0 Å². The number of benzene rings is 2. The summed E-state index contributed by atoms with van der Waals surface area (Å²) in [6.45, 7) is 0.269. The predicted molar refractivity (Wildman–Crippen MR) is 160 cm³/mol. The molecule has 1 radical (unpaired) electrons. The van der Waals surface area contributed by atoms with E-state index in [9.17, 15) is 0 Å². The molecule has 0 aliphatic heterocycles. The molecule has 2 aromatic rings. The molecule has 0 saturated heterocycles. The Labute approximate surface area is 247 Å². The molecular weight excluding hydrogens is 783 g/mol.